The van der Waals surface area contributed by atoms with E-state index >= 15 is 17.6 Å². The molecule has 7 heterocycles. The van der Waals surface area contributed by atoms with E-state index in [1.807, 2.05) is 0 Å². The third kappa shape index (κ3) is 7.13. The molecule has 0 spiro atoms. The van der Waals surface area contributed by atoms with Gasteiger partial charge in [-0.05, 0) is 55.8 Å². The van der Waals surface area contributed by atoms with E-state index in [9.17, 15) is 13.2 Å². The predicted octanol–water partition coefficient (Wildman–Crippen LogP) is 6.89. The molecule has 4 aliphatic rings. The van der Waals surface area contributed by atoms with Crippen molar-refractivity contribution in [3.63, 3.8) is 0 Å². The van der Waals surface area contributed by atoms with Gasteiger partial charge >= 0.3 is 12.2 Å². The van der Waals surface area contributed by atoms with E-state index in [0.717, 1.165) is 18.8 Å². The molecule has 4 saturated heterocycles. The quantitative estimate of drug-likeness (QED) is 0.0646. The van der Waals surface area contributed by atoms with Crippen LogP contribution in [0.5, 0.6) is 17.6 Å². The second-order valence-corrected chi connectivity index (χ2v) is 15.7. The summed E-state index contributed by atoms with van der Waals surface area (Å²) in [5.74, 6) is -3.43. The van der Waals surface area contributed by atoms with E-state index in [0.29, 0.717) is 31.2 Å². The predicted molar refractivity (Wildman–Crippen MR) is 203 cm³/mol. The lowest BCUT2D eigenvalue weighted by molar-refractivity contribution is -0.141. The molecule has 4 atom stereocenters. The number of nitrogens with zero attached hydrogens (tertiary/aromatic N) is 7. The summed E-state index contributed by atoms with van der Waals surface area (Å²) < 4.78 is 127. The first-order chi connectivity index (χ1) is 28.7. The van der Waals surface area contributed by atoms with Gasteiger partial charge in [0.05, 0.1) is 29.6 Å². The SMILES string of the molecule is C#Cc1c(F)ccc2cc(OCOC)cc(-c3ncc4c(N5C[C@]6(F)CC[C@](F)(C5)N6)nc(OC[C@@]56CCCN5[C@H](COc5cc(C(F)(F)F)ncn5)CC6)nc4c3F)c12. The summed E-state index contributed by atoms with van der Waals surface area (Å²) in [5, 5.41) is 3.12. The van der Waals surface area contributed by atoms with Crippen molar-refractivity contribution in [2.75, 3.05) is 51.7 Å². The number of pyridine rings is 1. The standard InChI is InChI=1S/C41H37F7N8O4/c1-3-26-29(42)6-5-23-13-25(60-22-57-2)14-27(32(23)26)34-33(43)35-28(16-49-34)36(55-18-39(44)10-11-40(45,19-55)54-39)53-37(52-35)59-20-38-8-4-12-56(38)24(7-9-38)17-58-31-15-30(41(46,47)48)50-21-51-31/h1,5-6,13-16,21,24,54H,4,7-12,17-20,22H2,2H3/t24-,38-,39-,40+/m0/s1. The molecule has 0 aliphatic carbocycles. The van der Waals surface area contributed by atoms with Crippen LogP contribution in [0, 0.1) is 24.0 Å². The minimum Gasteiger partial charge on any atom is -0.476 e. The van der Waals surface area contributed by atoms with Gasteiger partial charge in [-0.1, -0.05) is 12.0 Å². The van der Waals surface area contributed by atoms with Crippen molar-refractivity contribution in [3.8, 4) is 41.2 Å². The fourth-order valence-electron chi connectivity index (χ4n) is 9.18. The Morgan fingerprint density at radius 1 is 0.967 bits per heavy atom. The highest BCUT2D eigenvalue weighted by Crippen LogP contribution is 2.45. The largest absolute Gasteiger partial charge is 0.476 e. The van der Waals surface area contributed by atoms with Crippen molar-refractivity contribution in [2.45, 2.75) is 67.9 Å². The van der Waals surface area contributed by atoms with Gasteiger partial charge in [0.15, 0.2) is 29.9 Å². The molecule has 0 radical (unpaired) electrons. The number of methoxy groups -OCH3 is 1. The van der Waals surface area contributed by atoms with Gasteiger partial charge in [0.2, 0.25) is 5.88 Å². The molecule has 2 aromatic carbocycles. The number of alkyl halides is 5. The molecule has 0 saturated carbocycles. The number of fused-ring (bicyclic) bond motifs is 5. The third-order valence-corrected chi connectivity index (χ3v) is 11.8. The molecular formula is C41H37F7N8O4. The monoisotopic (exact) mass is 838 g/mol. The minimum absolute atomic E-state index is 0.000603. The Morgan fingerprint density at radius 2 is 1.77 bits per heavy atom. The Morgan fingerprint density at radius 3 is 2.52 bits per heavy atom. The Kier molecular flexibility index (Phi) is 9.87. The molecule has 3 aromatic heterocycles. The van der Waals surface area contributed by atoms with Crippen LogP contribution in [-0.2, 0) is 10.9 Å². The summed E-state index contributed by atoms with van der Waals surface area (Å²) in [5.41, 5.74) is -2.23. The summed E-state index contributed by atoms with van der Waals surface area (Å²) in [6.45, 7) is -0.00862. The van der Waals surface area contributed by atoms with E-state index in [2.05, 4.69) is 41.1 Å². The van der Waals surface area contributed by atoms with E-state index < -0.39 is 40.6 Å². The van der Waals surface area contributed by atoms with Gasteiger partial charge in [0, 0.05) is 49.2 Å². The van der Waals surface area contributed by atoms with Crippen LogP contribution in [0.2, 0.25) is 0 Å². The zero-order valence-corrected chi connectivity index (χ0v) is 32.1. The molecule has 1 N–H and O–H groups in total. The van der Waals surface area contributed by atoms with Crippen LogP contribution in [0.15, 0.2) is 42.9 Å². The first kappa shape index (κ1) is 39.9. The highest BCUT2D eigenvalue weighted by molar-refractivity contribution is 6.03. The molecule has 9 rings (SSSR count). The van der Waals surface area contributed by atoms with Crippen LogP contribution in [-0.4, -0.2) is 99.7 Å². The number of halogens is 7. The molecule has 0 amide bonds. The van der Waals surface area contributed by atoms with Crippen LogP contribution in [0.25, 0.3) is 32.9 Å². The molecular weight excluding hydrogens is 801 g/mol. The average molecular weight is 839 g/mol. The molecule has 2 bridgehead atoms. The van der Waals surface area contributed by atoms with Gasteiger partial charge in [-0.3, -0.25) is 9.88 Å². The second kappa shape index (κ2) is 14.9. The van der Waals surface area contributed by atoms with Crippen molar-refractivity contribution in [1.82, 2.24) is 35.1 Å². The number of piperazine rings is 1. The Labute approximate surface area is 338 Å². The Balaban J connectivity index is 1.08. The van der Waals surface area contributed by atoms with Gasteiger partial charge < -0.3 is 23.8 Å². The summed E-state index contributed by atoms with van der Waals surface area (Å²) in [7, 11) is 1.43. The number of ether oxygens (including phenoxy) is 4. The van der Waals surface area contributed by atoms with Crippen molar-refractivity contribution in [2.24, 2.45) is 0 Å². The van der Waals surface area contributed by atoms with Gasteiger partial charge in [0.1, 0.15) is 48.1 Å². The molecule has 0 unspecified atom stereocenters. The van der Waals surface area contributed by atoms with Crippen LogP contribution >= 0.6 is 0 Å². The lowest BCUT2D eigenvalue weighted by Crippen LogP contribution is -2.62. The lowest BCUT2D eigenvalue weighted by atomic mass is 9.95. The summed E-state index contributed by atoms with van der Waals surface area (Å²) in [6.07, 6.45) is 5.78. The summed E-state index contributed by atoms with van der Waals surface area (Å²) in [6, 6.07) is 6.04. The molecule has 4 fully saturated rings. The van der Waals surface area contributed by atoms with Crippen molar-refractivity contribution in [1.29, 1.82) is 0 Å². The molecule has 5 aromatic rings. The zero-order chi connectivity index (χ0) is 42.0. The van der Waals surface area contributed by atoms with Gasteiger partial charge in [0.25, 0.3) is 0 Å². The van der Waals surface area contributed by atoms with Crippen LogP contribution < -0.4 is 24.4 Å². The van der Waals surface area contributed by atoms with Crippen molar-refractivity contribution < 1.29 is 49.7 Å². The van der Waals surface area contributed by atoms with E-state index in [1.165, 1.54) is 36.4 Å². The Hall–Kier alpha value is -5.58. The van der Waals surface area contributed by atoms with Gasteiger partial charge in [-0.2, -0.15) is 23.1 Å². The first-order valence-corrected chi connectivity index (χ1v) is 19.3. The van der Waals surface area contributed by atoms with E-state index in [1.54, 1.807) is 6.07 Å². The maximum Gasteiger partial charge on any atom is 0.433 e. The molecule has 19 heteroatoms. The maximum atomic E-state index is 17.3. The number of rotatable bonds is 11. The number of anilines is 1. The molecule has 4 aliphatic heterocycles. The van der Waals surface area contributed by atoms with Crippen molar-refractivity contribution in [3.05, 3.63) is 65.7 Å². The highest BCUT2D eigenvalue weighted by atomic mass is 19.4. The average Bonchev–Trinajstić information content (AvgIpc) is 3.86. The van der Waals surface area contributed by atoms with Crippen LogP contribution in [0.3, 0.4) is 0 Å². The molecule has 12 nitrogen and oxygen atoms in total. The fraction of sp³-hybridized carbons (Fsp3) is 0.439. The van der Waals surface area contributed by atoms with E-state index in [4.69, 9.17) is 25.4 Å². The van der Waals surface area contributed by atoms with Gasteiger partial charge in [-0.25, -0.2) is 32.8 Å². The Bertz CT molecular complexity index is 2530. The number of hydrogen-bond acceptors (Lipinski definition) is 12. The fourth-order valence-corrected chi connectivity index (χ4v) is 9.18. The number of nitrogens with one attached hydrogen (secondary N) is 1. The normalized spacial score (nSPS) is 25.2. The second-order valence-electron chi connectivity index (χ2n) is 15.7. The number of aromatic nitrogens is 5. The third-order valence-electron chi connectivity index (χ3n) is 11.8. The topological polar surface area (TPSA) is 120 Å². The summed E-state index contributed by atoms with van der Waals surface area (Å²) in [4.78, 5) is 24.3. The number of benzene rings is 2. The zero-order valence-electron chi connectivity index (χ0n) is 32.1. The van der Waals surface area contributed by atoms with Crippen molar-refractivity contribution >= 4 is 27.5 Å². The highest BCUT2D eigenvalue weighted by Gasteiger charge is 2.55. The first-order valence-electron chi connectivity index (χ1n) is 19.3. The summed E-state index contributed by atoms with van der Waals surface area (Å²) >= 11 is 0. The minimum atomic E-state index is -4.66. The number of terminal acetylenes is 1. The maximum absolute atomic E-state index is 17.3. The smallest absolute Gasteiger partial charge is 0.433 e. The van der Waals surface area contributed by atoms with Gasteiger partial charge in [-0.15, -0.1) is 6.42 Å². The molecule has 60 heavy (non-hydrogen) atoms. The number of hydrogen-bond donors (Lipinski definition) is 1. The van der Waals surface area contributed by atoms with E-state index in [-0.39, 0.29) is 109 Å². The molecule has 314 valence electrons. The lowest BCUT2D eigenvalue weighted by Gasteiger charge is -2.40. The van der Waals surface area contributed by atoms with Crippen LogP contribution in [0.4, 0.5) is 36.6 Å². The van der Waals surface area contributed by atoms with Crippen LogP contribution in [0.1, 0.15) is 49.8 Å².